The average Bonchev–Trinajstić information content (AvgIpc) is 3.09. The van der Waals surface area contributed by atoms with Gasteiger partial charge in [-0.1, -0.05) is 0 Å². The van der Waals surface area contributed by atoms with Crippen molar-refractivity contribution in [2.45, 2.75) is 44.1 Å². The molecule has 2 aliphatic carbocycles. The molecule has 0 amide bonds. The van der Waals surface area contributed by atoms with Crippen molar-refractivity contribution in [3.63, 3.8) is 0 Å². The molecule has 5 fully saturated rings. The summed E-state index contributed by atoms with van der Waals surface area (Å²) in [6, 6.07) is 4.77. The lowest BCUT2D eigenvalue weighted by Crippen LogP contribution is -2.41. The minimum Gasteiger partial charge on any atom is -0.356 e. The molecular weight excluding hydrogens is 352 g/mol. The van der Waals surface area contributed by atoms with E-state index in [0.29, 0.717) is 17.4 Å². The summed E-state index contributed by atoms with van der Waals surface area (Å²) >= 11 is 0. The van der Waals surface area contributed by atoms with Crippen LogP contribution in [0, 0.1) is 5.41 Å². The summed E-state index contributed by atoms with van der Waals surface area (Å²) in [5.41, 5.74) is 1.64. The molecule has 28 heavy (non-hydrogen) atoms. The molecule has 0 aromatic carbocycles. The molecule has 0 radical (unpaired) electrons. The van der Waals surface area contributed by atoms with Crippen LogP contribution in [-0.4, -0.2) is 59.4 Å². The molecule has 7 rings (SSSR count). The van der Waals surface area contributed by atoms with Gasteiger partial charge in [-0.3, -0.25) is 5.10 Å². The molecule has 8 nitrogen and oxygen atoms in total. The van der Waals surface area contributed by atoms with Gasteiger partial charge >= 0.3 is 0 Å². The molecule has 0 atom stereocenters. The highest BCUT2D eigenvalue weighted by Crippen LogP contribution is 2.52. The number of fused-ring (bicyclic) bond motifs is 1. The smallest absolute Gasteiger partial charge is 0.229 e. The molecule has 2 saturated carbocycles. The van der Waals surface area contributed by atoms with Crippen LogP contribution < -0.4 is 20.4 Å². The minimum absolute atomic E-state index is 0.407. The van der Waals surface area contributed by atoms with Crippen molar-refractivity contribution in [1.29, 1.82) is 0 Å². The molecule has 2 bridgehead atoms. The van der Waals surface area contributed by atoms with Gasteiger partial charge in [0, 0.05) is 61.4 Å². The third-order valence-corrected chi connectivity index (χ3v) is 6.84. The van der Waals surface area contributed by atoms with E-state index in [2.05, 4.69) is 42.8 Å². The van der Waals surface area contributed by atoms with Crippen molar-refractivity contribution in [3.8, 4) is 0 Å². The van der Waals surface area contributed by atoms with E-state index >= 15 is 0 Å². The molecule has 148 valence electrons. The first-order chi connectivity index (χ1) is 13.7. The molecule has 5 heterocycles. The monoisotopic (exact) mass is 380 g/mol. The number of anilines is 4. The predicted molar refractivity (Wildman–Crippen MR) is 109 cm³/mol. The van der Waals surface area contributed by atoms with Gasteiger partial charge in [0.2, 0.25) is 5.95 Å². The first-order valence-corrected chi connectivity index (χ1v) is 10.6. The molecule has 3 aliphatic heterocycles. The summed E-state index contributed by atoms with van der Waals surface area (Å²) in [6.45, 7) is 4.29. The molecule has 2 aromatic heterocycles. The summed E-state index contributed by atoms with van der Waals surface area (Å²) in [7, 11) is 2.05. The average molecular weight is 381 g/mol. The topological polar surface area (TPSA) is 85.0 Å². The lowest BCUT2D eigenvalue weighted by Gasteiger charge is -2.36. The van der Waals surface area contributed by atoms with Crippen molar-refractivity contribution < 1.29 is 0 Å². The fourth-order valence-electron chi connectivity index (χ4n) is 5.05. The van der Waals surface area contributed by atoms with Crippen molar-refractivity contribution >= 4 is 23.4 Å². The van der Waals surface area contributed by atoms with Crippen LogP contribution >= 0.6 is 0 Å². The van der Waals surface area contributed by atoms with Gasteiger partial charge in [-0.05, 0) is 39.2 Å². The van der Waals surface area contributed by atoms with Gasteiger partial charge in [0.25, 0.3) is 0 Å². The molecule has 5 aliphatic rings. The van der Waals surface area contributed by atoms with Gasteiger partial charge in [0.1, 0.15) is 11.6 Å². The summed E-state index contributed by atoms with van der Waals surface area (Å²) < 4.78 is 0. The van der Waals surface area contributed by atoms with E-state index in [1.54, 1.807) is 0 Å². The van der Waals surface area contributed by atoms with E-state index in [-0.39, 0.29) is 0 Å². The SMILES string of the molecule is CNCC12CC(C1)N(c1nc(Nc3cc(C4CC4)[nH]n3)cc(N3CCC3)n1)C2. The van der Waals surface area contributed by atoms with Crippen molar-refractivity contribution in [3.05, 3.63) is 17.8 Å². The maximum Gasteiger partial charge on any atom is 0.229 e. The van der Waals surface area contributed by atoms with E-state index in [9.17, 15) is 0 Å². The van der Waals surface area contributed by atoms with Gasteiger partial charge in [-0.15, -0.1) is 0 Å². The Labute approximate surface area is 165 Å². The van der Waals surface area contributed by atoms with Crippen LogP contribution in [0.5, 0.6) is 0 Å². The zero-order valence-corrected chi connectivity index (χ0v) is 16.4. The van der Waals surface area contributed by atoms with Crippen molar-refractivity contribution in [2.24, 2.45) is 5.41 Å². The van der Waals surface area contributed by atoms with Gasteiger partial charge in [0.15, 0.2) is 5.82 Å². The number of hydrogen-bond acceptors (Lipinski definition) is 7. The second-order valence-corrected chi connectivity index (χ2v) is 9.08. The van der Waals surface area contributed by atoms with E-state index in [0.717, 1.165) is 49.6 Å². The van der Waals surface area contributed by atoms with Crippen LogP contribution in [0.15, 0.2) is 12.1 Å². The Bertz CT molecular complexity index is 878. The van der Waals surface area contributed by atoms with Crippen LogP contribution in [-0.2, 0) is 0 Å². The summed E-state index contributed by atoms with van der Waals surface area (Å²) in [6.07, 6.45) is 6.27. The zero-order chi connectivity index (χ0) is 18.7. The Kier molecular flexibility index (Phi) is 3.60. The highest BCUT2D eigenvalue weighted by Gasteiger charge is 2.55. The van der Waals surface area contributed by atoms with Gasteiger partial charge in [-0.2, -0.15) is 15.1 Å². The fraction of sp³-hybridized carbons (Fsp3) is 0.650. The maximum absolute atomic E-state index is 4.94. The molecular formula is C20H28N8. The highest BCUT2D eigenvalue weighted by atomic mass is 15.4. The Morgan fingerprint density at radius 2 is 2.04 bits per heavy atom. The van der Waals surface area contributed by atoms with Crippen LogP contribution in [0.1, 0.15) is 43.7 Å². The Balaban J connectivity index is 1.28. The summed E-state index contributed by atoms with van der Waals surface area (Å²) in [4.78, 5) is 14.6. The third-order valence-electron chi connectivity index (χ3n) is 6.84. The highest BCUT2D eigenvalue weighted by molar-refractivity contribution is 5.61. The molecule has 2 aromatic rings. The van der Waals surface area contributed by atoms with Crippen LogP contribution in [0.25, 0.3) is 0 Å². The molecule has 0 spiro atoms. The molecule has 8 heteroatoms. The number of nitrogens with zero attached hydrogens (tertiary/aromatic N) is 5. The quantitative estimate of drug-likeness (QED) is 0.679. The number of hydrogen-bond donors (Lipinski definition) is 3. The lowest BCUT2D eigenvalue weighted by atomic mass is 9.70. The van der Waals surface area contributed by atoms with E-state index in [1.165, 1.54) is 37.8 Å². The summed E-state index contributed by atoms with van der Waals surface area (Å²) in [5, 5.41) is 14.4. The maximum atomic E-state index is 4.94. The molecule has 3 N–H and O–H groups in total. The van der Waals surface area contributed by atoms with E-state index < -0.39 is 0 Å². The lowest BCUT2D eigenvalue weighted by molar-refractivity contribution is 0.196. The van der Waals surface area contributed by atoms with E-state index in [1.807, 2.05) is 7.05 Å². The Morgan fingerprint density at radius 1 is 1.18 bits per heavy atom. The molecule has 3 saturated heterocycles. The molecule has 0 unspecified atom stereocenters. The van der Waals surface area contributed by atoms with Crippen molar-refractivity contribution in [2.75, 3.05) is 48.3 Å². The van der Waals surface area contributed by atoms with Crippen molar-refractivity contribution in [1.82, 2.24) is 25.5 Å². The fourth-order valence-corrected chi connectivity index (χ4v) is 5.05. The van der Waals surface area contributed by atoms with Gasteiger partial charge in [0.05, 0.1) is 0 Å². The van der Waals surface area contributed by atoms with Gasteiger partial charge in [-0.25, -0.2) is 0 Å². The zero-order valence-electron chi connectivity index (χ0n) is 16.4. The first kappa shape index (κ1) is 16.6. The number of H-pyrrole nitrogens is 1. The largest absolute Gasteiger partial charge is 0.356 e. The Hall–Kier alpha value is -2.35. The number of nitrogens with one attached hydrogen (secondary N) is 3. The van der Waals surface area contributed by atoms with Crippen LogP contribution in [0.3, 0.4) is 0 Å². The van der Waals surface area contributed by atoms with Crippen LogP contribution in [0.2, 0.25) is 0 Å². The third kappa shape index (κ3) is 2.73. The second-order valence-electron chi connectivity index (χ2n) is 9.08. The number of rotatable bonds is 7. The number of aromatic amines is 1. The normalized spacial score (nSPS) is 28.2. The Morgan fingerprint density at radius 3 is 2.75 bits per heavy atom. The second kappa shape index (κ2) is 6.07. The number of aromatic nitrogens is 4. The van der Waals surface area contributed by atoms with Crippen LogP contribution in [0.4, 0.5) is 23.4 Å². The standard InChI is InChI=1S/C20H28N8/c1-21-11-20-9-14(10-20)28(12-20)19-23-16(8-18(24-19)27-5-2-6-27)22-17-7-15(25-26-17)13-3-4-13/h7-8,13-14,21H,2-6,9-12H2,1H3,(H2,22,23,24,25,26). The minimum atomic E-state index is 0.407. The summed E-state index contributed by atoms with van der Waals surface area (Å²) in [5.74, 6) is 4.25. The first-order valence-electron chi connectivity index (χ1n) is 10.6. The van der Waals surface area contributed by atoms with Gasteiger partial charge < -0.3 is 20.4 Å². The predicted octanol–water partition coefficient (Wildman–Crippen LogP) is 2.22. The van der Waals surface area contributed by atoms with E-state index in [4.69, 9.17) is 9.97 Å².